The van der Waals surface area contributed by atoms with E-state index in [0.717, 1.165) is 32.4 Å². The minimum atomic E-state index is -4.45. The van der Waals surface area contributed by atoms with E-state index >= 15 is 0 Å². The zero-order chi connectivity index (χ0) is 16.9. The molecule has 11 nitrogen and oxygen atoms in total. The summed E-state index contributed by atoms with van der Waals surface area (Å²) in [6.07, 6.45) is -1.11. The summed E-state index contributed by atoms with van der Waals surface area (Å²) in [6, 6.07) is 2.62. The summed E-state index contributed by atoms with van der Waals surface area (Å²) in [7, 11) is -2.38. The number of sulfonamides is 1. The average Bonchev–Trinajstić information content (AvgIpc) is 2.51. The van der Waals surface area contributed by atoms with Crippen molar-refractivity contribution in [1.29, 1.82) is 0 Å². The Morgan fingerprint density at radius 2 is 1.86 bits per heavy atom. The van der Waals surface area contributed by atoms with Crippen LogP contribution in [0.3, 0.4) is 0 Å². The molecule has 22 heavy (non-hydrogen) atoms. The molecule has 0 spiro atoms. The van der Waals surface area contributed by atoms with Crippen LogP contribution in [0.4, 0.5) is 10.5 Å². The number of hydrazine groups is 1. The third-order valence-corrected chi connectivity index (χ3v) is 3.63. The molecule has 12 heteroatoms. The van der Waals surface area contributed by atoms with Gasteiger partial charge in [-0.15, -0.1) is 4.83 Å². The molecule has 0 saturated heterocycles. The van der Waals surface area contributed by atoms with Crippen molar-refractivity contribution in [2.45, 2.75) is 4.90 Å². The van der Waals surface area contributed by atoms with Crippen LogP contribution in [0.1, 0.15) is 10.4 Å². The number of carbonyl (C=O) groups is 2. The molecule has 1 rings (SSSR count). The largest absolute Gasteiger partial charge is 0.465 e. The van der Waals surface area contributed by atoms with Gasteiger partial charge in [0.25, 0.3) is 15.7 Å². The lowest BCUT2D eigenvalue weighted by atomic mass is 10.2. The highest BCUT2D eigenvalue weighted by Gasteiger charge is 2.28. The van der Waals surface area contributed by atoms with E-state index in [2.05, 4.69) is 9.47 Å². The molecule has 0 saturated carbocycles. The predicted molar refractivity (Wildman–Crippen MR) is 70.3 cm³/mol. The number of benzene rings is 1. The van der Waals surface area contributed by atoms with Crippen LogP contribution in [-0.2, 0) is 19.5 Å². The summed E-state index contributed by atoms with van der Waals surface area (Å²) in [4.78, 5) is 33.0. The van der Waals surface area contributed by atoms with Crippen molar-refractivity contribution >= 4 is 27.8 Å². The summed E-state index contributed by atoms with van der Waals surface area (Å²) in [5, 5.41) is 11.0. The Balaban J connectivity index is 3.26. The maximum absolute atomic E-state index is 11.9. The SMILES string of the molecule is COC(=O)NNS(=O)(=O)c1ccc(C(=O)OC)cc1[N+](=O)[O-]. The van der Waals surface area contributed by atoms with Gasteiger partial charge in [-0.25, -0.2) is 23.4 Å². The number of hydrogen-bond donors (Lipinski definition) is 2. The lowest BCUT2D eigenvalue weighted by molar-refractivity contribution is -0.387. The highest BCUT2D eigenvalue weighted by molar-refractivity contribution is 7.89. The summed E-state index contributed by atoms with van der Waals surface area (Å²) in [6.45, 7) is 0. The first-order valence-electron chi connectivity index (χ1n) is 5.45. The summed E-state index contributed by atoms with van der Waals surface area (Å²) in [5.41, 5.74) is 0.613. The summed E-state index contributed by atoms with van der Waals surface area (Å²) >= 11 is 0. The Morgan fingerprint density at radius 3 is 2.36 bits per heavy atom. The van der Waals surface area contributed by atoms with Crippen molar-refractivity contribution in [2.24, 2.45) is 0 Å². The Morgan fingerprint density at radius 1 is 1.23 bits per heavy atom. The van der Waals surface area contributed by atoms with E-state index in [-0.39, 0.29) is 5.56 Å². The summed E-state index contributed by atoms with van der Waals surface area (Å²) < 4.78 is 32.4. The van der Waals surface area contributed by atoms with E-state index in [1.54, 1.807) is 10.3 Å². The maximum atomic E-state index is 11.9. The molecule has 0 bridgehead atoms. The topological polar surface area (TPSA) is 154 Å². The minimum Gasteiger partial charge on any atom is -0.465 e. The van der Waals surface area contributed by atoms with Gasteiger partial charge in [-0.3, -0.25) is 10.1 Å². The molecule has 0 atom stereocenters. The molecule has 0 aliphatic rings. The number of hydrogen-bond acceptors (Lipinski definition) is 8. The monoisotopic (exact) mass is 333 g/mol. The third-order valence-electron chi connectivity index (χ3n) is 2.34. The fourth-order valence-electron chi connectivity index (χ4n) is 1.35. The van der Waals surface area contributed by atoms with Crippen molar-refractivity contribution < 1.29 is 32.4 Å². The maximum Gasteiger partial charge on any atom is 0.422 e. The fourth-order valence-corrected chi connectivity index (χ4v) is 2.33. The van der Waals surface area contributed by atoms with Gasteiger partial charge in [0.05, 0.1) is 24.7 Å². The van der Waals surface area contributed by atoms with E-state index in [1.807, 2.05) is 0 Å². The van der Waals surface area contributed by atoms with Gasteiger partial charge in [0.15, 0.2) is 4.90 Å². The zero-order valence-electron chi connectivity index (χ0n) is 11.4. The molecule has 0 aliphatic heterocycles. The van der Waals surface area contributed by atoms with Gasteiger partial charge in [0.2, 0.25) is 0 Å². The zero-order valence-corrected chi connectivity index (χ0v) is 12.2. The van der Waals surface area contributed by atoms with Gasteiger partial charge in [0.1, 0.15) is 0 Å². The Hall–Kier alpha value is -2.73. The summed E-state index contributed by atoms with van der Waals surface area (Å²) in [5.74, 6) is -0.868. The van der Waals surface area contributed by atoms with Crippen molar-refractivity contribution in [2.75, 3.05) is 14.2 Å². The van der Waals surface area contributed by atoms with Crippen LogP contribution in [0.25, 0.3) is 0 Å². The van der Waals surface area contributed by atoms with E-state index in [1.165, 1.54) is 0 Å². The number of esters is 1. The number of amides is 1. The molecule has 0 aliphatic carbocycles. The second-order valence-corrected chi connectivity index (χ2v) is 5.30. The number of rotatable bonds is 5. The van der Waals surface area contributed by atoms with Crippen molar-refractivity contribution in [3.63, 3.8) is 0 Å². The fraction of sp³-hybridized carbons (Fsp3) is 0.200. The Labute approximate surface area is 124 Å². The van der Waals surface area contributed by atoms with Crippen LogP contribution in [0.2, 0.25) is 0 Å². The molecule has 0 aromatic heterocycles. The molecule has 1 aromatic carbocycles. The second-order valence-electron chi connectivity index (χ2n) is 3.65. The van der Waals surface area contributed by atoms with Crippen LogP contribution in [0.15, 0.2) is 23.1 Å². The molecule has 0 unspecified atom stereocenters. The molecule has 0 fully saturated rings. The van der Waals surface area contributed by atoms with Crippen LogP contribution in [0, 0.1) is 10.1 Å². The van der Waals surface area contributed by atoms with Gasteiger partial charge in [-0.05, 0) is 12.1 Å². The van der Waals surface area contributed by atoms with Gasteiger partial charge < -0.3 is 9.47 Å². The first kappa shape index (κ1) is 17.3. The van der Waals surface area contributed by atoms with Crippen LogP contribution >= 0.6 is 0 Å². The highest BCUT2D eigenvalue weighted by atomic mass is 32.2. The van der Waals surface area contributed by atoms with E-state index in [9.17, 15) is 28.1 Å². The number of nitrogens with one attached hydrogen (secondary N) is 2. The van der Waals surface area contributed by atoms with E-state index < -0.39 is 37.6 Å². The normalized spacial score (nSPS) is 10.6. The first-order chi connectivity index (χ1) is 10.2. The molecule has 120 valence electrons. The van der Waals surface area contributed by atoms with Gasteiger partial charge >= 0.3 is 12.1 Å². The first-order valence-corrected chi connectivity index (χ1v) is 6.93. The molecule has 0 radical (unpaired) electrons. The van der Waals surface area contributed by atoms with Crippen molar-refractivity contribution in [3.8, 4) is 0 Å². The molecule has 2 N–H and O–H groups in total. The van der Waals surface area contributed by atoms with Gasteiger partial charge in [0, 0.05) is 6.07 Å². The molecular weight excluding hydrogens is 322 g/mol. The smallest absolute Gasteiger partial charge is 0.422 e. The molecule has 1 amide bonds. The standard InChI is InChI=1S/C10H11N3O8S/c1-20-9(14)6-3-4-8(7(5-6)13(16)17)22(18,19)12-11-10(15)21-2/h3-5,12H,1-2H3,(H,11,15). The van der Waals surface area contributed by atoms with Crippen LogP contribution in [0.5, 0.6) is 0 Å². The Bertz CT molecular complexity index is 715. The second kappa shape index (κ2) is 6.82. The van der Waals surface area contributed by atoms with Crippen molar-refractivity contribution in [3.05, 3.63) is 33.9 Å². The number of methoxy groups -OCH3 is 2. The lowest BCUT2D eigenvalue weighted by Gasteiger charge is -2.08. The minimum absolute atomic E-state index is 0.200. The highest BCUT2D eigenvalue weighted by Crippen LogP contribution is 2.25. The lowest BCUT2D eigenvalue weighted by Crippen LogP contribution is -2.41. The van der Waals surface area contributed by atoms with Crippen LogP contribution < -0.4 is 10.3 Å². The average molecular weight is 333 g/mol. The predicted octanol–water partition coefficient (Wildman–Crippen LogP) is -0.0693. The number of ether oxygens (including phenoxy) is 2. The number of nitrogens with zero attached hydrogens (tertiary/aromatic N) is 1. The molecular formula is C10H11N3O8S. The number of nitro groups is 1. The Kier molecular flexibility index (Phi) is 5.37. The van der Waals surface area contributed by atoms with E-state index in [4.69, 9.17) is 0 Å². The quantitative estimate of drug-likeness (QED) is 0.431. The van der Waals surface area contributed by atoms with Gasteiger partial charge in [-0.2, -0.15) is 0 Å². The number of carbonyl (C=O) groups excluding carboxylic acids is 2. The van der Waals surface area contributed by atoms with Crippen molar-refractivity contribution in [1.82, 2.24) is 10.3 Å². The van der Waals surface area contributed by atoms with E-state index in [0.29, 0.717) is 0 Å². The molecule has 1 aromatic rings. The van der Waals surface area contributed by atoms with Gasteiger partial charge in [-0.1, -0.05) is 0 Å². The molecule has 0 heterocycles. The third kappa shape index (κ3) is 3.89. The number of nitro benzene ring substituents is 1. The van der Waals surface area contributed by atoms with Crippen LogP contribution in [-0.4, -0.2) is 39.6 Å².